The highest BCUT2D eigenvalue weighted by Gasteiger charge is 2.28. The number of hydrogen-bond donors (Lipinski definition) is 2. The van der Waals surface area contributed by atoms with Crippen molar-refractivity contribution in [2.24, 2.45) is 0 Å². The van der Waals surface area contributed by atoms with Gasteiger partial charge >= 0.3 is 5.97 Å². The number of ether oxygens (including phenoxy) is 1. The molecule has 0 radical (unpaired) electrons. The predicted molar refractivity (Wildman–Crippen MR) is 105 cm³/mol. The molecule has 8 nitrogen and oxygen atoms in total. The molecule has 0 bridgehead atoms. The van der Waals surface area contributed by atoms with Gasteiger partial charge in [0, 0.05) is 56.6 Å². The van der Waals surface area contributed by atoms with E-state index < -0.39 is 0 Å². The van der Waals surface area contributed by atoms with Crippen molar-refractivity contribution < 1.29 is 14.6 Å². The molecule has 2 aromatic heterocycles. The van der Waals surface area contributed by atoms with Crippen molar-refractivity contribution in [2.45, 2.75) is 39.4 Å². The first-order valence-electron chi connectivity index (χ1n) is 9.79. The molecule has 1 aliphatic rings. The van der Waals surface area contributed by atoms with Crippen LogP contribution in [-0.4, -0.2) is 74.9 Å². The minimum atomic E-state index is -0.369. The van der Waals surface area contributed by atoms with Crippen LogP contribution in [0, 0.1) is 6.92 Å². The summed E-state index contributed by atoms with van der Waals surface area (Å²) in [5, 5.41) is 16.3. The largest absolute Gasteiger partial charge is 0.461 e. The van der Waals surface area contributed by atoms with Gasteiger partial charge in [0.15, 0.2) is 0 Å². The van der Waals surface area contributed by atoms with Gasteiger partial charge in [-0.05, 0) is 32.4 Å². The van der Waals surface area contributed by atoms with E-state index in [0.29, 0.717) is 25.3 Å². The summed E-state index contributed by atoms with van der Waals surface area (Å²) in [6, 6.07) is 6.31. The molecule has 28 heavy (non-hydrogen) atoms. The number of pyridine rings is 1. The molecule has 1 aliphatic heterocycles. The number of carbonyl (C=O) groups is 1. The summed E-state index contributed by atoms with van der Waals surface area (Å²) in [7, 11) is 0. The third-order valence-corrected chi connectivity index (χ3v) is 5.05. The Hall–Kier alpha value is -2.29. The molecule has 3 rings (SSSR count). The quantitative estimate of drug-likeness (QED) is 0.661. The number of aliphatic hydroxyl groups is 1. The summed E-state index contributed by atoms with van der Waals surface area (Å²) in [6.07, 6.45) is 2.40. The Morgan fingerprint density at radius 1 is 1.36 bits per heavy atom. The van der Waals surface area contributed by atoms with Crippen LogP contribution in [0.1, 0.15) is 40.8 Å². The van der Waals surface area contributed by atoms with Gasteiger partial charge in [-0.25, -0.2) is 4.79 Å². The fraction of sp³-hybridized carbons (Fsp3) is 0.550. The molecule has 2 N–H and O–H groups in total. The van der Waals surface area contributed by atoms with Gasteiger partial charge in [0.05, 0.1) is 18.5 Å². The van der Waals surface area contributed by atoms with Crippen LogP contribution in [0.5, 0.6) is 0 Å². The van der Waals surface area contributed by atoms with Gasteiger partial charge in [-0.3, -0.25) is 19.9 Å². The lowest BCUT2D eigenvalue weighted by Gasteiger charge is -2.41. The number of nitrogens with one attached hydrogen (secondary N) is 1. The Morgan fingerprint density at radius 3 is 2.96 bits per heavy atom. The number of H-pyrrole nitrogens is 1. The Bertz CT molecular complexity index is 779. The van der Waals surface area contributed by atoms with Crippen LogP contribution in [0.25, 0.3) is 0 Å². The van der Waals surface area contributed by atoms with Gasteiger partial charge in [0.25, 0.3) is 0 Å². The van der Waals surface area contributed by atoms with Crippen LogP contribution < -0.4 is 0 Å². The van der Waals surface area contributed by atoms with E-state index in [4.69, 9.17) is 4.74 Å². The predicted octanol–water partition coefficient (Wildman–Crippen LogP) is 1.36. The Balaban J connectivity index is 1.64. The number of nitrogens with zero attached hydrogens (tertiary/aromatic N) is 4. The first-order valence-corrected chi connectivity index (χ1v) is 9.79. The zero-order valence-electron chi connectivity index (χ0n) is 16.6. The molecule has 0 aromatic carbocycles. The molecule has 152 valence electrons. The van der Waals surface area contributed by atoms with Crippen molar-refractivity contribution in [2.75, 3.05) is 32.8 Å². The minimum Gasteiger partial charge on any atom is -0.461 e. The highest BCUT2D eigenvalue weighted by atomic mass is 16.5. The summed E-state index contributed by atoms with van der Waals surface area (Å²) < 4.78 is 5.09. The topological polar surface area (TPSA) is 94.6 Å². The molecule has 0 saturated carbocycles. The second-order valence-corrected chi connectivity index (χ2v) is 7.13. The summed E-state index contributed by atoms with van der Waals surface area (Å²) in [5.74, 6) is -0.369. The van der Waals surface area contributed by atoms with Gasteiger partial charge in [-0.2, -0.15) is 5.10 Å². The molecule has 0 aliphatic carbocycles. The molecule has 0 spiro atoms. The second-order valence-electron chi connectivity index (χ2n) is 7.13. The molecular formula is C20H29N5O3. The van der Waals surface area contributed by atoms with Crippen molar-refractivity contribution in [1.82, 2.24) is 25.0 Å². The minimum absolute atomic E-state index is 0.149. The third kappa shape index (κ3) is 5.15. The van der Waals surface area contributed by atoms with Crippen LogP contribution >= 0.6 is 0 Å². The van der Waals surface area contributed by atoms with Crippen LogP contribution in [0.4, 0.5) is 0 Å². The molecule has 2 aromatic rings. The van der Waals surface area contributed by atoms with E-state index in [2.05, 4.69) is 25.0 Å². The van der Waals surface area contributed by atoms with Crippen LogP contribution in [-0.2, 0) is 17.8 Å². The summed E-state index contributed by atoms with van der Waals surface area (Å²) in [4.78, 5) is 21.4. The van der Waals surface area contributed by atoms with E-state index in [1.807, 2.05) is 25.1 Å². The van der Waals surface area contributed by atoms with E-state index in [9.17, 15) is 9.90 Å². The van der Waals surface area contributed by atoms with E-state index >= 15 is 0 Å². The fourth-order valence-corrected chi connectivity index (χ4v) is 3.68. The van der Waals surface area contributed by atoms with Crippen molar-refractivity contribution >= 4 is 5.97 Å². The first-order chi connectivity index (χ1) is 13.6. The molecule has 1 fully saturated rings. The highest BCUT2D eigenvalue weighted by molar-refractivity contribution is 5.88. The SMILES string of the molecule is CCOC(=O)c1[nH]ncc1CN1CCN(Cc2cccc(C)n2)[C@@H](CCO)C1. The lowest BCUT2D eigenvalue weighted by molar-refractivity contribution is 0.0469. The number of aryl methyl sites for hydroxylation is 1. The molecule has 1 atom stereocenters. The molecular weight excluding hydrogens is 358 g/mol. The van der Waals surface area contributed by atoms with Gasteiger partial charge in [0.1, 0.15) is 5.69 Å². The number of aromatic amines is 1. The Labute approximate surface area is 165 Å². The van der Waals surface area contributed by atoms with Crippen LogP contribution in [0.3, 0.4) is 0 Å². The Kier molecular flexibility index (Phi) is 7.13. The maximum atomic E-state index is 12.1. The lowest BCUT2D eigenvalue weighted by Crippen LogP contribution is -2.52. The maximum Gasteiger partial charge on any atom is 0.356 e. The Morgan fingerprint density at radius 2 is 2.21 bits per heavy atom. The summed E-state index contributed by atoms with van der Waals surface area (Å²) in [6.45, 7) is 8.25. The van der Waals surface area contributed by atoms with E-state index in [0.717, 1.165) is 43.1 Å². The molecule has 0 unspecified atom stereocenters. The van der Waals surface area contributed by atoms with Gasteiger partial charge in [0.2, 0.25) is 0 Å². The molecule has 1 saturated heterocycles. The average Bonchev–Trinajstić information content (AvgIpc) is 3.12. The number of esters is 1. The standard InChI is InChI=1S/C20H29N5O3/c1-3-28-20(27)19-16(11-21-23-19)12-24-8-9-25(18(14-24)7-10-26)13-17-6-4-5-15(2)22-17/h4-6,11,18,26H,3,7-10,12-14H2,1-2H3,(H,21,23)/t18-/m0/s1. The first kappa shape index (κ1) is 20.4. The average molecular weight is 387 g/mol. The van der Waals surface area contributed by atoms with Crippen molar-refractivity contribution in [3.05, 3.63) is 47.0 Å². The number of rotatable bonds is 8. The normalized spacial score (nSPS) is 18.3. The van der Waals surface area contributed by atoms with E-state index in [1.165, 1.54) is 0 Å². The highest BCUT2D eigenvalue weighted by Crippen LogP contribution is 2.19. The number of hydrogen-bond acceptors (Lipinski definition) is 7. The number of aliphatic hydroxyl groups excluding tert-OH is 1. The van der Waals surface area contributed by atoms with Gasteiger partial charge in [-0.15, -0.1) is 0 Å². The van der Waals surface area contributed by atoms with E-state index in [-0.39, 0.29) is 18.6 Å². The van der Waals surface area contributed by atoms with Crippen molar-refractivity contribution in [3.8, 4) is 0 Å². The zero-order chi connectivity index (χ0) is 19.9. The van der Waals surface area contributed by atoms with E-state index in [1.54, 1.807) is 13.1 Å². The summed E-state index contributed by atoms with van der Waals surface area (Å²) in [5.41, 5.74) is 3.33. The fourth-order valence-electron chi connectivity index (χ4n) is 3.68. The number of aromatic nitrogens is 3. The van der Waals surface area contributed by atoms with Crippen LogP contribution in [0.15, 0.2) is 24.4 Å². The lowest BCUT2D eigenvalue weighted by atomic mass is 10.1. The monoisotopic (exact) mass is 387 g/mol. The molecule has 0 amide bonds. The third-order valence-electron chi connectivity index (χ3n) is 5.05. The van der Waals surface area contributed by atoms with Crippen molar-refractivity contribution in [1.29, 1.82) is 0 Å². The van der Waals surface area contributed by atoms with Gasteiger partial charge < -0.3 is 9.84 Å². The molecule has 8 heteroatoms. The maximum absolute atomic E-state index is 12.1. The second kappa shape index (κ2) is 9.77. The van der Waals surface area contributed by atoms with Crippen LogP contribution in [0.2, 0.25) is 0 Å². The molecule has 3 heterocycles. The van der Waals surface area contributed by atoms with Gasteiger partial charge in [-0.1, -0.05) is 6.07 Å². The summed E-state index contributed by atoms with van der Waals surface area (Å²) >= 11 is 0. The zero-order valence-corrected chi connectivity index (χ0v) is 16.6. The van der Waals surface area contributed by atoms with Crippen molar-refractivity contribution in [3.63, 3.8) is 0 Å². The number of carbonyl (C=O) groups excluding carboxylic acids is 1. The smallest absolute Gasteiger partial charge is 0.356 e. The number of piperazine rings is 1.